The predicted molar refractivity (Wildman–Crippen MR) is 79.8 cm³/mol. The Morgan fingerprint density at radius 2 is 1.92 bits per heavy atom. The van der Waals surface area contributed by atoms with E-state index in [0.29, 0.717) is 13.1 Å². The number of fused-ring (bicyclic) bond motifs is 4. The van der Waals surface area contributed by atoms with Gasteiger partial charge in [-0.25, -0.2) is 0 Å². The summed E-state index contributed by atoms with van der Waals surface area (Å²) < 4.78 is 22.8. The Bertz CT molecular complexity index is 630. The number of nitrogens with zero attached hydrogens (tertiary/aromatic N) is 1. The van der Waals surface area contributed by atoms with Gasteiger partial charge in [0.2, 0.25) is 0 Å². The van der Waals surface area contributed by atoms with Crippen molar-refractivity contribution in [2.24, 2.45) is 23.7 Å². The molecule has 0 aromatic rings. The smallest absolute Gasteiger partial charge is 0.312 e. The zero-order chi connectivity index (χ0) is 16.9. The van der Waals surface area contributed by atoms with Gasteiger partial charge in [0.25, 0.3) is 0 Å². The Morgan fingerprint density at radius 1 is 1.17 bits per heavy atom. The Balaban J connectivity index is 1.67. The van der Waals surface area contributed by atoms with Crippen LogP contribution in [0.5, 0.6) is 0 Å². The summed E-state index contributed by atoms with van der Waals surface area (Å²) in [6.45, 7) is 1.04. The van der Waals surface area contributed by atoms with Crippen molar-refractivity contribution in [3.8, 4) is 0 Å². The van der Waals surface area contributed by atoms with Crippen molar-refractivity contribution in [2.45, 2.75) is 36.3 Å². The van der Waals surface area contributed by atoms with Crippen LogP contribution in [0.4, 0.5) is 0 Å². The largest absolute Gasteiger partial charge is 0.469 e. The number of carbonyl (C=O) groups excluding carboxylic acids is 2. The molecule has 5 fully saturated rings. The molecule has 5 heterocycles. The second-order valence-electron chi connectivity index (χ2n) is 7.81. The molecule has 0 saturated carbocycles. The first kappa shape index (κ1) is 15.2. The molecule has 2 spiro atoms. The fourth-order valence-corrected chi connectivity index (χ4v) is 6.57. The first-order valence-corrected chi connectivity index (χ1v) is 8.48. The number of hydrogen-bond donors (Lipinski definition) is 0. The number of methoxy groups -OCH3 is 2. The Kier molecular flexibility index (Phi) is 2.86. The average Bonchev–Trinajstić information content (AvgIpc) is 3.27. The number of ether oxygens (including phenoxy) is 4. The molecule has 0 aliphatic carbocycles. The summed E-state index contributed by atoms with van der Waals surface area (Å²) in [5.74, 6) is -2.00. The van der Waals surface area contributed by atoms with Gasteiger partial charge in [0, 0.05) is 24.9 Å². The molecule has 8 heteroatoms. The van der Waals surface area contributed by atoms with Gasteiger partial charge in [-0.05, 0) is 12.8 Å². The van der Waals surface area contributed by atoms with Crippen LogP contribution in [0.2, 0.25) is 0 Å². The molecule has 4 bridgehead atoms. The predicted octanol–water partition coefficient (Wildman–Crippen LogP) is -0.721. The third-order valence-electron chi connectivity index (χ3n) is 6.97. The van der Waals surface area contributed by atoms with E-state index in [0.717, 1.165) is 12.8 Å². The second kappa shape index (κ2) is 4.53. The van der Waals surface area contributed by atoms with E-state index < -0.39 is 29.4 Å². The van der Waals surface area contributed by atoms with E-state index in [1.54, 1.807) is 4.81 Å². The minimum absolute atomic E-state index is 0.0686. The van der Waals surface area contributed by atoms with E-state index in [1.807, 2.05) is 0 Å². The fourth-order valence-electron chi connectivity index (χ4n) is 6.57. The SMILES string of the molecule is [B]N1CC23CCC(O2)C2C4OC(C1)(C(C(=O)OC)C4C(=O)OC)C23. The lowest BCUT2D eigenvalue weighted by Crippen LogP contribution is -2.69. The van der Waals surface area contributed by atoms with Crippen molar-refractivity contribution in [2.75, 3.05) is 27.3 Å². The fraction of sp³-hybridized carbons (Fsp3) is 0.875. The molecular formula is C16H20BNO6. The van der Waals surface area contributed by atoms with Crippen LogP contribution < -0.4 is 0 Å². The van der Waals surface area contributed by atoms with Crippen molar-refractivity contribution in [3.63, 3.8) is 0 Å². The standard InChI is InChI=1S/C16H20BNO6/c1-21-13(19)9-10(14(20)22-2)16-6-18(17)5-15-4-3-7(23-15)8(12(15)16)11(9)24-16/h7-12H,3-6H2,1-2H3. The molecule has 7 nitrogen and oxygen atoms in total. The summed E-state index contributed by atoms with van der Waals surface area (Å²) in [7, 11) is 8.88. The topological polar surface area (TPSA) is 74.3 Å². The van der Waals surface area contributed by atoms with Gasteiger partial charge in [-0.1, -0.05) is 0 Å². The third kappa shape index (κ3) is 1.47. The van der Waals surface area contributed by atoms with Gasteiger partial charge >= 0.3 is 11.9 Å². The van der Waals surface area contributed by atoms with Crippen LogP contribution in [-0.4, -0.2) is 75.4 Å². The molecule has 8 unspecified atom stereocenters. The van der Waals surface area contributed by atoms with E-state index in [9.17, 15) is 9.59 Å². The van der Waals surface area contributed by atoms with Crippen molar-refractivity contribution in [3.05, 3.63) is 0 Å². The van der Waals surface area contributed by atoms with Gasteiger partial charge in [-0.15, -0.1) is 0 Å². The highest BCUT2D eigenvalue weighted by Gasteiger charge is 2.83. The first-order valence-electron chi connectivity index (χ1n) is 8.48. The van der Waals surface area contributed by atoms with E-state index in [2.05, 4.69) is 0 Å². The maximum atomic E-state index is 12.6. The van der Waals surface area contributed by atoms with Crippen molar-refractivity contribution >= 4 is 19.9 Å². The summed E-state index contributed by atoms with van der Waals surface area (Å²) in [5.41, 5.74) is -1.20. The molecule has 0 aromatic heterocycles. The van der Waals surface area contributed by atoms with Crippen LogP contribution in [-0.2, 0) is 28.5 Å². The van der Waals surface area contributed by atoms with E-state index in [4.69, 9.17) is 26.9 Å². The Labute approximate surface area is 141 Å². The van der Waals surface area contributed by atoms with Gasteiger partial charge < -0.3 is 23.8 Å². The first-order chi connectivity index (χ1) is 11.5. The van der Waals surface area contributed by atoms with E-state index in [1.165, 1.54) is 14.2 Å². The quantitative estimate of drug-likeness (QED) is 0.488. The highest BCUT2D eigenvalue weighted by molar-refractivity contribution is 6.04. The summed E-state index contributed by atoms with van der Waals surface area (Å²) in [5, 5.41) is 0. The lowest BCUT2D eigenvalue weighted by Gasteiger charge is -2.54. The van der Waals surface area contributed by atoms with Crippen LogP contribution in [0.3, 0.4) is 0 Å². The number of hydrogen-bond acceptors (Lipinski definition) is 7. The molecule has 5 aliphatic rings. The average molecular weight is 333 g/mol. The summed E-state index contributed by atoms with van der Waals surface area (Å²) in [4.78, 5) is 26.8. The van der Waals surface area contributed by atoms with Crippen LogP contribution in [0, 0.1) is 23.7 Å². The van der Waals surface area contributed by atoms with Crippen LogP contribution in [0.15, 0.2) is 0 Å². The van der Waals surface area contributed by atoms with E-state index >= 15 is 0 Å². The molecule has 8 atom stereocenters. The van der Waals surface area contributed by atoms with Crippen LogP contribution >= 0.6 is 0 Å². The number of rotatable bonds is 2. The molecule has 128 valence electrons. The van der Waals surface area contributed by atoms with Gasteiger partial charge in [0.1, 0.15) is 11.5 Å². The molecule has 24 heavy (non-hydrogen) atoms. The second-order valence-corrected chi connectivity index (χ2v) is 7.81. The minimum Gasteiger partial charge on any atom is -0.469 e. The zero-order valence-electron chi connectivity index (χ0n) is 13.8. The minimum atomic E-state index is -0.830. The summed E-state index contributed by atoms with van der Waals surface area (Å²) in [6, 6.07) is 0. The maximum Gasteiger partial charge on any atom is 0.312 e. The molecule has 0 amide bonds. The van der Waals surface area contributed by atoms with E-state index in [-0.39, 0.29) is 29.6 Å². The highest BCUT2D eigenvalue weighted by Crippen LogP contribution is 2.70. The number of piperidine rings is 1. The molecular weight excluding hydrogens is 313 g/mol. The Morgan fingerprint density at radius 3 is 2.62 bits per heavy atom. The van der Waals surface area contributed by atoms with Gasteiger partial charge in [-0.2, -0.15) is 0 Å². The van der Waals surface area contributed by atoms with Gasteiger partial charge in [0.05, 0.1) is 37.9 Å². The lowest BCUT2D eigenvalue weighted by atomic mass is 9.52. The Hall–Kier alpha value is -1.12. The maximum absolute atomic E-state index is 12.6. The molecule has 0 N–H and O–H groups in total. The molecule has 5 aliphatic heterocycles. The lowest BCUT2D eigenvalue weighted by molar-refractivity contribution is -0.175. The monoisotopic (exact) mass is 333 g/mol. The normalized spacial score (nSPS) is 53.9. The third-order valence-corrected chi connectivity index (χ3v) is 6.97. The number of carbonyl (C=O) groups is 2. The van der Waals surface area contributed by atoms with Gasteiger partial charge in [0.15, 0.2) is 7.98 Å². The summed E-state index contributed by atoms with van der Waals surface area (Å²) in [6.07, 6.45) is 1.56. The highest BCUT2D eigenvalue weighted by atomic mass is 16.6. The summed E-state index contributed by atoms with van der Waals surface area (Å²) >= 11 is 0. The molecule has 2 radical (unpaired) electrons. The van der Waals surface area contributed by atoms with Crippen molar-refractivity contribution in [1.82, 2.24) is 4.81 Å². The zero-order valence-corrected chi connectivity index (χ0v) is 13.8. The van der Waals surface area contributed by atoms with Crippen LogP contribution in [0.25, 0.3) is 0 Å². The molecule has 5 saturated heterocycles. The molecule has 0 aromatic carbocycles. The number of esters is 2. The van der Waals surface area contributed by atoms with Gasteiger partial charge in [-0.3, -0.25) is 9.59 Å². The van der Waals surface area contributed by atoms with Crippen molar-refractivity contribution < 1.29 is 28.5 Å². The van der Waals surface area contributed by atoms with Crippen molar-refractivity contribution in [1.29, 1.82) is 0 Å². The molecule has 5 rings (SSSR count). The van der Waals surface area contributed by atoms with Crippen LogP contribution in [0.1, 0.15) is 12.8 Å².